The largest absolute Gasteiger partial charge is 0.295 e. The maximum Gasteiger partial charge on any atom is 0.241 e. The van der Waals surface area contributed by atoms with Crippen molar-refractivity contribution in [2.24, 2.45) is 0 Å². The molecule has 4 nitrogen and oxygen atoms in total. The number of Topliss-reactive ketones (excluding diaryl/α,β-unsaturated/α-hetero) is 1. The van der Waals surface area contributed by atoms with E-state index in [9.17, 15) is 14.4 Å². The van der Waals surface area contributed by atoms with Gasteiger partial charge in [-0.05, 0) is 36.8 Å². The number of anilines is 1. The third kappa shape index (κ3) is 2.44. The minimum atomic E-state index is -0.429. The molecule has 1 atom stereocenters. The van der Waals surface area contributed by atoms with Crippen LogP contribution in [0, 0.1) is 0 Å². The van der Waals surface area contributed by atoms with Crippen LogP contribution in [-0.4, -0.2) is 17.6 Å². The molecule has 0 radical (unpaired) electrons. The van der Waals surface area contributed by atoms with E-state index in [1.807, 2.05) is 30.3 Å². The van der Waals surface area contributed by atoms with Crippen LogP contribution in [-0.2, 0) is 9.59 Å². The predicted octanol–water partition coefficient (Wildman–Crippen LogP) is 2.94. The summed E-state index contributed by atoms with van der Waals surface area (Å²) in [6.07, 6.45) is 0.178. The van der Waals surface area contributed by atoms with E-state index < -0.39 is 5.92 Å². The Morgan fingerprint density at radius 3 is 2.23 bits per heavy atom. The highest BCUT2D eigenvalue weighted by Crippen LogP contribution is 2.33. The molecule has 2 aromatic carbocycles. The molecule has 0 aromatic heterocycles. The molecule has 1 aliphatic heterocycles. The molecule has 0 bridgehead atoms. The number of hydrogen-bond donors (Lipinski definition) is 0. The molecule has 1 fully saturated rings. The molecule has 1 heterocycles. The molecule has 1 aliphatic rings. The molecular weight excluding hydrogens is 278 g/mol. The van der Waals surface area contributed by atoms with Gasteiger partial charge in [-0.2, -0.15) is 0 Å². The lowest BCUT2D eigenvalue weighted by atomic mass is 9.98. The average Bonchev–Trinajstić information content (AvgIpc) is 2.83. The Morgan fingerprint density at radius 1 is 1.00 bits per heavy atom. The third-order valence-corrected chi connectivity index (χ3v) is 3.88. The monoisotopic (exact) mass is 293 g/mol. The summed E-state index contributed by atoms with van der Waals surface area (Å²) in [6, 6.07) is 15.9. The summed E-state index contributed by atoms with van der Waals surface area (Å²) in [7, 11) is 0. The Labute approximate surface area is 128 Å². The molecule has 22 heavy (non-hydrogen) atoms. The van der Waals surface area contributed by atoms with Crippen LogP contribution in [0.4, 0.5) is 5.69 Å². The average molecular weight is 293 g/mol. The van der Waals surface area contributed by atoms with Crippen molar-refractivity contribution in [3.63, 3.8) is 0 Å². The van der Waals surface area contributed by atoms with Gasteiger partial charge < -0.3 is 0 Å². The van der Waals surface area contributed by atoms with Crippen molar-refractivity contribution in [3.8, 4) is 0 Å². The second-order valence-electron chi connectivity index (χ2n) is 5.34. The lowest BCUT2D eigenvalue weighted by Crippen LogP contribution is -2.30. The molecule has 0 spiro atoms. The van der Waals surface area contributed by atoms with E-state index in [1.165, 1.54) is 11.8 Å². The van der Waals surface area contributed by atoms with Crippen molar-refractivity contribution >= 4 is 23.3 Å². The van der Waals surface area contributed by atoms with Crippen LogP contribution in [0.2, 0.25) is 0 Å². The molecule has 0 aliphatic carbocycles. The minimum Gasteiger partial charge on any atom is -0.295 e. The first-order valence-electron chi connectivity index (χ1n) is 7.10. The second-order valence-corrected chi connectivity index (χ2v) is 5.34. The van der Waals surface area contributed by atoms with Crippen LogP contribution in [0.3, 0.4) is 0 Å². The van der Waals surface area contributed by atoms with Gasteiger partial charge in [0.25, 0.3) is 0 Å². The number of ketones is 1. The zero-order valence-corrected chi connectivity index (χ0v) is 12.2. The summed E-state index contributed by atoms with van der Waals surface area (Å²) in [4.78, 5) is 37.3. The smallest absolute Gasteiger partial charge is 0.241 e. The van der Waals surface area contributed by atoms with E-state index in [1.54, 1.807) is 24.3 Å². The Hall–Kier alpha value is -2.75. The Balaban J connectivity index is 1.90. The number of imide groups is 1. The summed E-state index contributed by atoms with van der Waals surface area (Å²) in [5, 5.41) is 0. The van der Waals surface area contributed by atoms with Gasteiger partial charge in [0, 0.05) is 12.0 Å². The van der Waals surface area contributed by atoms with E-state index in [0.717, 1.165) is 5.56 Å². The standard InChI is InChI=1S/C18H15NO3/c1-12(20)13-7-9-15(10-8-13)19-17(21)11-16(18(19)22)14-5-3-2-4-6-14/h2-10,16H,11H2,1H3. The first-order valence-corrected chi connectivity index (χ1v) is 7.10. The van der Waals surface area contributed by atoms with Crippen molar-refractivity contribution in [2.45, 2.75) is 19.3 Å². The van der Waals surface area contributed by atoms with Gasteiger partial charge in [-0.3, -0.25) is 19.3 Å². The summed E-state index contributed by atoms with van der Waals surface area (Å²) < 4.78 is 0. The fourth-order valence-corrected chi connectivity index (χ4v) is 2.69. The molecular formula is C18H15NO3. The fourth-order valence-electron chi connectivity index (χ4n) is 2.69. The van der Waals surface area contributed by atoms with E-state index in [0.29, 0.717) is 11.3 Å². The molecule has 2 aromatic rings. The van der Waals surface area contributed by atoms with Gasteiger partial charge in [0.2, 0.25) is 11.8 Å². The van der Waals surface area contributed by atoms with Gasteiger partial charge in [0.15, 0.2) is 5.78 Å². The van der Waals surface area contributed by atoms with Crippen LogP contribution in [0.25, 0.3) is 0 Å². The Morgan fingerprint density at radius 2 is 1.64 bits per heavy atom. The van der Waals surface area contributed by atoms with Crippen molar-refractivity contribution in [1.29, 1.82) is 0 Å². The van der Waals surface area contributed by atoms with E-state index in [-0.39, 0.29) is 24.0 Å². The molecule has 2 amide bonds. The summed E-state index contributed by atoms with van der Waals surface area (Å²) in [6.45, 7) is 1.48. The van der Waals surface area contributed by atoms with Crippen LogP contribution in [0.5, 0.6) is 0 Å². The highest BCUT2D eigenvalue weighted by molar-refractivity contribution is 6.22. The van der Waals surface area contributed by atoms with Crippen molar-refractivity contribution in [2.75, 3.05) is 4.90 Å². The van der Waals surface area contributed by atoms with E-state index >= 15 is 0 Å². The number of carbonyl (C=O) groups is 3. The van der Waals surface area contributed by atoms with Gasteiger partial charge in [0.1, 0.15) is 0 Å². The Kier molecular flexibility index (Phi) is 3.59. The molecule has 4 heteroatoms. The third-order valence-electron chi connectivity index (χ3n) is 3.88. The zero-order valence-electron chi connectivity index (χ0n) is 12.2. The van der Waals surface area contributed by atoms with Gasteiger partial charge in [-0.1, -0.05) is 30.3 Å². The number of benzene rings is 2. The quantitative estimate of drug-likeness (QED) is 0.646. The van der Waals surface area contributed by atoms with Crippen LogP contribution < -0.4 is 4.90 Å². The van der Waals surface area contributed by atoms with Gasteiger partial charge in [0.05, 0.1) is 11.6 Å². The maximum atomic E-state index is 12.6. The fraction of sp³-hybridized carbons (Fsp3) is 0.167. The predicted molar refractivity (Wildman–Crippen MR) is 82.7 cm³/mol. The Bertz CT molecular complexity index is 735. The number of carbonyl (C=O) groups excluding carboxylic acids is 3. The topological polar surface area (TPSA) is 54.5 Å². The van der Waals surface area contributed by atoms with E-state index in [4.69, 9.17) is 0 Å². The maximum absolute atomic E-state index is 12.6. The van der Waals surface area contributed by atoms with Crippen LogP contribution in [0.15, 0.2) is 54.6 Å². The van der Waals surface area contributed by atoms with Crippen LogP contribution >= 0.6 is 0 Å². The normalized spacial score (nSPS) is 17.9. The van der Waals surface area contributed by atoms with Crippen molar-refractivity contribution < 1.29 is 14.4 Å². The number of nitrogens with zero attached hydrogens (tertiary/aromatic N) is 1. The summed E-state index contributed by atoms with van der Waals surface area (Å²) in [5.41, 5.74) is 1.92. The number of hydrogen-bond acceptors (Lipinski definition) is 3. The summed E-state index contributed by atoms with van der Waals surface area (Å²) in [5.74, 6) is -0.907. The first kappa shape index (κ1) is 14.2. The molecule has 3 rings (SSSR count). The molecule has 1 saturated heterocycles. The highest BCUT2D eigenvalue weighted by Gasteiger charge is 2.40. The van der Waals surface area contributed by atoms with Gasteiger partial charge in [-0.25, -0.2) is 0 Å². The van der Waals surface area contributed by atoms with Crippen molar-refractivity contribution in [1.82, 2.24) is 0 Å². The SMILES string of the molecule is CC(=O)c1ccc(N2C(=O)CC(c3ccccc3)C2=O)cc1. The van der Waals surface area contributed by atoms with Gasteiger partial charge >= 0.3 is 0 Å². The number of rotatable bonds is 3. The zero-order chi connectivity index (χ0) is 15.7. The molecule has 110 valence electrons. The van der Waals surface area contributed by atoms with Gasteiger partial charge in [-0.15, -0.1) is 0 Å². The molecule has 1 unspecified atom stereocenters. The summed E-state index contributed by atoms with van der Waals surface area (Å²) >= 11 is 0. The van der Waals surface area contributed by atoms with E-state index in [2.05, 4.69) is 0 Å². The molecule has 0 saturated carbocycles. The van der Waals surface area contributed by atoms with Crippen molar-refractivity contribution in [3.05, 3.63) is 65.7 Å². The highest BCUT2D eigenvalue weighted by atomic mass is 16.2. The first-order chi connectivity index (χ1) is 10.6. The van der Waals surface area contributed by atoms with Crippen LogP contribution in [0.1, 0.15) is 35.2 Å². The number of amides is 2. The lowest BCUT2D eigenvalue weighted by molar-refractivity contribution is -0.121. The minimum absolute atomic E-state index is 0.0483. The lowest BCUT2D eigenvalue weighted by Gasteiger charge is -2.15. The second kappa shape index (κ2) is 5.56. The molecule has 0 N–H and O–H groups in total.